The number of hydrogen-bond donors (Lipinski definition) is 1. The molecule has 1 aromatic rings. The van der Waals surface area contributed by atoms with Crippen LogP contribution in [0.1, 0.15) is 11.8 Å². The molecule has 2 heteroatoms. The van der Waals surface area contributed by atoms with E-state index in [2.05, 4.69) is 0 Å². The van der Waals surface area contributed by atoms with Crippen LogP contribution in [0.2, 0.25) is 0 Å². The molecule has 1 N–H and O–H groups in total. The van der Waals surface area contributed by atoms with E-state index in [9.17, 15) is 0 Å². The van der Waals surface area contributed by atoms with E-state index in [4.69, 9.17) is 5.11 Å². The van der Waals surface area contributed by atoms with E-state index in [0.717, 1.165) is 5.57 Å². The average Bonchev–Trinajstić information content (AvgIpc) is 2.38. The Morgan fingerprint density at radius 3 is 3.10 bits per heavy atom. The van der Waals surface area contributed by atoms with Gasteiger partial charge in [0.25, 0.3) is 0 Å². The van der Waals surface area contributed by atoms with Crippen molar-refractivity contribution in [2.24, 2.45) is 0 Å². The largest absolute Gasteiger partial charge is 0.392 e. The van der Waals surface area contributed by atoms with Crippen LogP contribution in [0, 0.1) is 0 Å². The van der Waals surface area contributed by atoms with Gasteiger partial charge in [-0.3, -0.25) is 0 Å². The molecule has 0 fully saturated rings. The van der Waals surface area contributed by atoms with Crippen LogP contribution in [0.5, 0.6) is 0 Å². The minimum atomic E-state index is 0.129. The third kappa shape index (κ3) is 1.69. The molecule has 1 nitrogen and oxygen atoms in total. The average molecular weight is 154 g/mol. The molecule has 0 aromatic carbocycles. The SMILES string of the molecule is C/C(=C\CO)c1cccs1. The summed E-state index contributed by atoms with van der Waals surface area (Å²) in [4.78, 5) is 1.23. The van der Waals surface area contributed by atoms with Crippen LogP contribution in [0.15, 0.2) is 23.6 Å². The molecule has 0 bridgehead atoms. The Balaban J connectivity index is 2.77. The molecule has 0 spiro atoms. The quantitative estimate of drug-likeness (QED) is 0.692. The van der Waals surface area contributed by atoms with Crippen LogP contribution in [0.4, 0.5) is 0 Å². The first-order chi connectivity index (χ1) is 4.84. The van der Waals surface area contributed by atoms with Crippen molar-refractivity contribution in [2.75, 3.05) is 6.61 Å². The third-order valence-electron chi connectivity index (χ3n) is 1.31. The molecule has 1 rings (SSSR count). The molecule has 0 aliphatic carbocycles. The van der Waals surface area contributed by atoms with Crippen molar-refractivity contribution >= 4 is 16.9 Å². The van der Waals surface area contributed by atoms with Crippen molar-refractivity contribution in [3.8, 4) is 0 Å². The third-order valence-corrected chi connectivity index (χ3v) is 2.31. The first kappa shape index (κ1) is 7.51. The summed E-state index contributed by atoms with van der Waals surface area (Å²) in [6.07, 6.45) is 1.81. The highest BCUT2D eigenvalue weighted by atomic mass is 32.1. The molecular weight excluding hydrogens is 144 g/mol. The van der Waals surface area contributed by atoms with E-state index in [1.807, 2.05) is 30.5 Å². The number of aliphatic hydroxyl groups excluding tert-OH is 1. The van der Waals surface area contributed by atoms with Crippen molar-refractivity contribution in [3.05, 3.63) is 28.5 Å². The van der Waals surface area contributed by atoms with Crippen LogP contribution in [-0.4, -0.2) is 11.7 Å². The summed E-state index contributed by atoms with van der Waals surface area (Å²) in [5, 5.41) is 10.6. The van der Waals surface area contributed by atoms with E-state index in [0.29, 0.717) is 0 Å². The standard InChI is InChI=1S/C8H10OS/c1-7(4-5-9)8-3-2-6-10-8/h2-4,6,9H,5H2,1H3/b7-4+. The van der Waals surface area contributed by atoms with Crippen molar-refractivity contribution in [1.29, 1.82) is 0 Å². The highest BCUT2D eigenvalue weighted by Gasteiger charge is 1.92. The lowest BCUT2D eigenvalue weighted by atomic mass is 10.2. The molecule has 0 saturated heterocycles. The Hall–Kier alpha value is -0.600. The topological polar surface area (TPSA) is 20.2 Å². The molecule has 0 aliphatic heterocycles. The van der Waals surface area contributed by atoms with Gasteiger partial charge in [-0.15, -0.1) is 11.3 Å². The van der Waals surface area contributed by atoms with Gasteiger partial charge in [0.2, 0.25) is 0 Å². The Bertz CT molecular complexity index is 211. The Morgan fingerprint density at radius 2 is 2.60 bits per heavy atom. The highest BCUT2D eigenvalue weighted by molar-refractivity contribution is 7.11. The van der Waals surface area contributed by atoms with Crippen LogP contribution >= 0.6 is 11.3 Å². The van der Waals surface area contributed by atoms with E-state index in [1.54, 1.807) is 11.3 Å². The molecule has 1 aromatic heterocycles. The van der Waals surface area contributed by atoms with Gasteiger partial charge in [-0.05, 0) is 23.9 Å². The second-order valence-corrected chi connectivity index (χ2v) is 2.99. The lowest BCUT2D eigenvalue weighted by Crippen LogP contribution is -1.76. The fourth-order valence-corrected chi connectivity index (χ4v) is 1.47. The van der Waals surface area contributed by atoms with Gasteiger partial charge in [-0.1, -0.05) is 12.1 Å². The lowest BCUT2D eigenvalue weighted by Gasteiger charge is -1.92. The lowest BCUT2D eigenvalue weighted by molar-refractivity contribution is 0.343. The molecule has 0 radical (unpaired) electrons. The molecular formula is C8H10OS. The van der Waals surface area contributed by atoms with Gasteiger partial charge in [0.05, 0.1) is 6.61 Å². The van der Waals surface area contributed by atoms with E-state index in [1.165, 1.54) is 4.88 Å². The minimum Gasteiger partial charge on any atom is -0.392 e. The van der Waals surface area contributed by atoms with Crippen LogP contribution in [0.3, 0.4) is 0 Å². The van der Waals surface area contributed by atoms with Crippen molar-refractivity contribution in [3.63, 3.8) is 0 Å². The monoisotopic (exact) mass is 154 g/mol. The molecule has 54 valence electrons. The number of hydrogen-bond acceptors (Lipinski definition) is 2. The van der Waals surface area contributed by atoms with Gasteiger partial charge in [0, 0.05) is 4.88 Å². The molecule has 0 saturated carbocycles. The predicted molar refractivity (Wildman–Crippen MR) is 45.1 cm³/mol. The Labute approximate surface area is 64.6 Å². The van der Waals surface area contributed by atoms with Gasteiger partial charge in [0.1, 0.15) is 0 Å². The Morgan fingerprint density at radius 1 is 1.80 bits per heavy atom. The highest BCUT2D eigenvalue weighted by Crippen LogP contribution is 2.18. The second-order valence-electron chi connectivity index (χ2n) is 2.05. The maximum absolute atomic E-state index is 8.56. The maximum atomic E-state index is 8.56. The van der Waals surface area contributed by atoms with Crippen molar-refractivity contribution in [2.45, 2.75) is 6.92 Å². The fraction of sp³-hybridized carbons (Fsp3) is 0.250. The van der Waals surface area contributed by atoms with E-state index >= 15 is 0 Å². The summed E-state index contributed by atoms with van der Waals surface area (Å²) in [5.41, 5.74) is 1.15. The molecule has 0 aliphatic rings. The summed E-state index contributed by atoms with van der Waals surface area (Å²) < 4.78 is 0. The first-order valence-electron chi connectivity index (χ1n) is 3.16. The van der Waals surface area contributed by atoms with Gasteiger partial charge >= 0.3 is 0 Å². The minimum absolute atomic E-state index is 0.129. The maximum Gasteiger partial charge on any atom is 0.0618 e. The van der Waals surface area contributed by atoms with Crippen LogP contribution < -0.4 is 0 Å². The van der Waals surface area contributed by atoms with Gasteiger partial charge in [-0.2, -0.15) is 0 Å². The summed E-state index contributed by atoms with van der Waals surface area (Å²) in [5.74, 6) is 0. The zero-order valence-electron chi connectivity index (χ0n) is 5.87. The van der Waals surface area contributed by atoms with Crippen molar-refractivity contribution in [1.82, 2.24) is 0 Å². The van der Waals surface area contributed by atoms with Crippen molar-refractivity contribution < 1.29 is 5.11 Å². The van der Waals surface area contributed by atoms with E-state index < -0.39 is 0 Å². The Kier molecular flexibility index (Phi) is 2.66. The van der Waals surface area contributed by atoms with Gasteiger partial charge in [0.15, 0.2) is 0 Å². The van der Waals surface area contributed by atoms with Gasteiger partial charge in [-0.25, -0.2) is 0 Å². The van der Waals surface area contributed by atoms with Crippen LogP contribution in [-0.2, 0) is 0 Å². The summed E-state index contributed by atoms with van der Waals surface area (Å²) in [7, 11) is 0. The second kappa shape index (κ2) is 3.54. The van der Waals surface area contributed by atoms with Gasteiger partial charge < -0.3 is 5.11 Å². The first-order valence-corrected chi connectivity index (χ1v) is 4.04. The fourth-order valence-electron chi connectivity index (χ4n) is 0.740. The number of aliphatic hydroxyl groups is 1. The zero-order valence-corrected chi connectivity index (χ0v) is 6.69. The number of allylic oxidation sites excluding steroid dienone is 1. The van der Waals surface area contributed by atoms with E-state index in [-0.39, 0.29) is 6.61 Å². The smallest absolute Gasteiger partial charge is 0.0618 e. The van der Waals surface area contributed by atoms with Crippen LogP contribution in [0.25, 0.3) is 5.57 Å². The summed E-state index contributed by atoms with van der Waals surface area (Å²) >= 11 is 1.69. The zero-order chi connectivity index (χ0) is 7.40. The number of thiophene rings is 1. The molecule has 1 heterocycles. The molecule has 0 unspecified atom stereocenters. The molecule has 10 heavy (non-hydrogen) atoms. The number of rotatable bonds is 2. The predicted octanol–water partition coefficient (Wildman–Crippen LogP) is 2.14. The summed E-state index contributed by atoms with van der Waals surface area (Å²) in [6.45, 7) is 2.13. The molecule has 0 atom stereocenters. The molecule has 0 amide bonds. The normalized spacial score (nSPS) is 12.0. The summed E-state index contributed by atoms with van der Waals surface area (Å²) in [6, 6.07) is 4.06.